The third-order valence-electron chi connectivity index (χ3n) is 4.65. The molecule has 1 aromatic rings. The van der Waals surface area contributed by atoms with Gasteiger partial charge in [0.2, 0.25) is 10.0 Å². The zero-order chi connectivity index (χ0) is 15.0. The monoisotopic (exact) mass is 308 g/mol. The maximum absolute atomic E-state index is 12.1. The zero-order valence-corrected chi connectivity index (χ0v) is 13.5. The molecule has 0 heterocycles. The molecule has 2 aliphatic carbocycles. The summed E-state index contributed by atoms with van der Waals surface area (Å²) in [5.41, 5.74) is 1.02. The second-order valence-corrected chi connectivity index (χ2v) is 8.44. The van der Waals surface area contributed by atoms with Gasteiger partial charge < -0.3 is 5.32 Å². The number of rotatable bonds is 5. The molecule has 3 rings (SSSR count). The number of hydrogen-bond donors (Lipinski definition) is 2. The van der Waals surface area contributed by atoms with Crippen LogP contribution in [0, 0.1) is 11.8 Å². The molecule has 0 aromatic heterocycles. The molecule has 2 saturated carbocycles. The largest absolute Gasteiger partial charge is 0.382 e. The third kappa shape index (κ3) is 3.24. The Kier molecular flexibility index (Phi) is 3.97. The SMILES string of the molecule is CC(C)NS(=O)(=O)c1ccc(NC2CC3CCC2C3)cc1. The summed E-state index contributed by atoms with van der Waals surface area (Å²) < 4.78 is 26.7. The lowest BCUT2D eigenvalue weighted by molar-refractivity contribution is 0.440. The van der Waals surface area contributed by atoms with Crippen molar-refractivity contribution in [1.29, 1.82) is 0 Å². The van der Waals surface area contributed by atoms with Crippen LogP contribution in [0.4, 0.5) is 5.69 Å². The third-order valence-corrected chi connectivity index (χ3v) is 6.32. The Morgan fingerprint density at radius 2 is 1.81 bits per heavy atom. The number of benzene rings is 1. The molecule has 4 nitrogen and oxygen atoms in total. The molecule has 116 valence electrons. The number of anilines is 1. The molecule has 0 amide bonds. The van der Waals surface area contributed by atoms with E-state index in [4.69, 9.17) is 0 Å². The van der Waals surface area contributed by atoms with Crippen LogP contribution in [0.15, 0.2) is 29.2 Å². The van der Waals surface area contributed by atoms with Crippen molar-refractivity contribution in [1.82, 2.24) is 4.72 Å². The second-order valence-electron chi connectivity index (χ2n) is 6.73. The summed E-state index contributed by atoms with van der Waals surface area (Å²) in [6, 6.07) is 7.59. The van der Waals surface area contributed by atoms with Crippen molar-refractivity contribution in [3.8, 4) is 0 Å². The van der Waals surface area contributed by atoms with Crippen LogP contribution in [-0.2, 0) is 10.0 Å². The minimum Gasteiger partial charge on any atom is -0.382 e. The van der Waals surface area contributed by atoms with Crippen molar-refractivity contribution < 1.29 is 8.42 Å². The van der Waals surface area contributed by atoms with Crippen molar-refractivity contribution in [3.63, 3.8) is 0 Å². The van der Waals surface area contributed by atoms with E-state index in [1.165, 1.54) is 25.7 Å². The van der Waals surface area contributed by atoms with Gasteiger partial charge >= 0.3 is 0 Å². The predicted octanol–water partition coefficient (Wildman–Crippen LogP) is 2.97. The Bertz CT molecular complexity index is 595. The first-order chi connectivity index (χ1) is 9.94. The van der Waals surface area contributed by atoms with Gasteiger partial charge in [-0.25, -0.2) is 13.1 Å². The maximum Gasteiger partial charge on any atom is 0.240 e. The summed E-state index contributed by atoms with van der Waals surface area (Å²) in [5.74, 6) is 1.71. The van der Waals surface area contributed by atoms with Crippen LogP contribution >= 0.6 is 0 Å². The van der Waals surface area contributed by atoms with E-state index in [1.54, 1.807) is 12.1 Å². The fraction of sp³-hybridized carbons (Fsp3) is 0.625. The molecule has 2 bridgehead atoms. The van der Waals surface area contributed by atoms with Crippen LogP contribution in [0.25, 0.3) is 0 Å². The van der Waals surface area contributed by atoms with Crippen molar-refractivity contribution in [2.45, 2.75) is 56.5 Å². The Morgan fingerprint density at radius 1 is 1.10 bits per heavy atom. The molecule has 5 heteroatoms. The maximum atomic E-state index is 12.1. The Labute approximate surface area is 127 Å². The van der Waals surface area contributed by atoms with Gasteiger partial charge in [-0.2, -0.15) is 0 Å². The first-order valence-electron chi connectivity index (χ1n) is 7.83. The lowest BCUT2D eigenvalue weighted by Crippen LogP contribution is -2.30. The Hall–Kier alpha value is -1.07. The summed E-state index contributed by atoms with van der Waals surface area (Å²) in [4.78, 5) is 0.328. The van der Waals surface area contributed by atoms with Gasteiger partial charge in [0.15, 0.2) is 0 Å². The topological polar surface area (TPSA) is 58.2 Å². The van der Waals surface area contributed by atoms with Gasteiger partial charge in [-0.05, 0) is 69.2 Å². The fourth-order valence-corrected chi connectivity index (χ4v) is 5.00. The van der Waals surface area contributed by atoms with Crippen LogP contribution in [0.1, 0.15) is 39.5 Å². The van der Waals surface area contributed by atoms with Gasteiger partial charge in [-0.15, -0.1) is 0 Å². The van der Waals surface area contributed by atoms with E-state index in [0.29, 0.717) is 10.9 Å². The average Bonchev–Trinajstić information content (AvgIpc) is 3.00. The van der Waals surface area contributed by atoms with E-state index in [2.05, 4.69) is 10.0 Å². The quantitative estimate of drug-likeness (QED) is 0.879. The molecule has 21 heavy (non-hydrogen) atoms. The van der Waals surface area contributed by atoms with E-state index >= 15 is 0 Å². The molecule has 2 aliphatic rings. The number of sulfonamides is 1. The van der Waals surface area contributed by atoms with Crippen molar-refractivity contribution in [2.24, 2.45) is 11.8 Å². The molecule has 0 radical (unpaired) electrons. The normalized spacial score (nSPS) is 28.2. The first kappa shape index (κ1) is 14.9. The van der Waals surface area contributed by atoms with Crippen LogP contribution in [-0.4, -0.2) is 20.5 Å². The number of nitrogens with one attached hydrogen (secondary N) is 2. The van der Waals surface area contributed by atoms with Gasteiger partial charge in [-0.3, -0.25) is 0 Å². The molecule has 3 atom stereocenters. The first-order valence-corrected chi connectivity index (χ1v) is 9.31. The van der Waals surface area contributed by atoms with E-state index < -0.39 is 10.0 Å². The van der Waals surface area contributed by atoms with Crippen molar-refractivity contribution in [2.75, 3.05) is 5.32 Å². The Balaban J connectivity index is 1.67. The van der Waals surface area contributed by atoms with Gasteiger partial charge in [0.1, 0.15) is 0 Å². The fourth-order valence-electron chi connectivity index (χ4n) is 3.74. The van der Waals surface area contributed by atoms with E-state index in [1.807, 2.05) is 26.0 Å². The summed E-state index contributed by atoms with van der Waals surface area (Å²) in [5, 5.41) is 3.58. The molecular weight excluding hydrogens is 284 g/mol. The van der Waals surface area contributed by atoms with Crippen molar-refractivity contribution in [3.05, 3.63) is 24.3 Å². The van der Waals surface area contributed by atoms with Gasteiger partial charge in [0.25, 0.3) is 0 Å². The molecule has 3 unspecified atom stereocenters. The zero-order valence-electron chi connectivity index (χ0n) is 12.7. The molecular formula is C16H24N2O2S. The van der Waals surface area contributed by atoms with Gasteiger partial charge in [0.05, 0.1) is 4.90 Å². The number of fused-ring (bicyclic) bond motifs is 2. The van der Waals surface area contributed by atoms with Gasteiger partial charge in [-0.1, -0.05) is 6.42 Å². The van der Waals surface area contributed by atoms with Crippen LogP contribution in [0.2, 0.25) is 0 Å². The smallest absolute Gasteiger partial charge is 0.240 e. The summed E-state index contributed by atoms with van der Waals surface area (Å²) >= 11 is 0. The number of hydrogen-bond acceptors (Lipinski definition) is 3. The highest BCUT2D eigenvalue weighted by Gasteiger charge is 2.39. The molecule has 1 aromatic carbocycles. The molecule has 0 aliphatic heterocycles. The average molecular weight is 308 g/mol. The lowest BCUT2D eigenvalue weighted by atomic mass is 9.95. The highest BCUT2D eigenvalue weighted by atomic mass is 32.2. The highest BCUT2D eigenvalue weighted by molar-refractivity contribution is 7.89. The van der Waals surface area contributed by atoms with E-state index in [0.717, 1.165) is 17.5 Å². The molecule has 2 fully saturated rings. The van der Waals surface area contributed by atoms with Crippen LogP contribution in [0.5, 0.6) is 0 Å². The van der Waals surface area contributed by atoms with Crippen LogP contribution in [0.3, 0.4) is 0 Å². The lowest BCUT2D eigenvalue weighted by Gasteiger charge is -2.24. The summed E-state index contributed by atoms with van der Waals surface area (Å²) in [6.45, 7) is 3.64. The standard InChI is InChI=1S/C16H24N2O2S/c1-11(2)18-21(19,20)15-7-5-14(6-8-15)17-16-10-12-3-4-13(16)9-12/h5-8,11-13,16-18H,3-4,9-10H2,1-2H3. The second kappa shape index (κ2) is 5.61. The highest BCUT2D eigenvalue weighted by Crippen LogP contribution is 2.45. The predicted molar refractivity (Wildman–Crippen MR) is 84.8 cm³/mol. The minimum atomic E-state index is -3.39. The summed E-state index contributed by atoms with van der Waals surface area (Å²) in [6.07, 6.45) is 5.36. The minimum absolute atomic E-state index is 0.0955. The van der Waals surface area contributed by atoms with E-state index in [9.17, 15) is 8.42 Å². The van der Waals surface area contributed by atoms with E-state index in [-0.39, 0.29) is 6.04 Å². The molecule has 0 spiro atoms. The van der Waals surface area contributed by atoms with Crippen LogP contribution < -0.4 is 10.0 Å². The molecule has 2 N–H and O–H groups in total. The molecule has 0 saturated heterocycles. The van der Waals surface area contributed by atoms with Crippen molar-refractivity contribution >= 4 is 15.7 Å². The Morgan fingerprint density at radius 3 is 2.33 bits per heavy atom. The summed E-state index contributed by atoms with van der Waals surface area (Å²) in [7, 11) is -3.39. The van der Waals surface area contributed by atoms with Gasteiger partial charge in [0, 0.05) is 17.8 Å².